The van der Waals surface area contributed by atoms with Crippen molar-refractivity contribution >= 4 is 28.8 Å². The van der Waals surface area contributed by atoms with Gasteiger partial charge in [-0.2, -0.15) is 0 Å². The van der Waals surface area contributed by atoms with Crippen molar-refractivity contribution in [3.63, 3.8) is 0 Å². The van der Waals surface area contributed by atoms with E-state index in [1.54, 1.807) is 25.3 Å². The van der Waals surface area contributed by atoms with Crippen LogP contribution in [0.5, 0.6) is 5.75 Å². The molecule has 0 aromatic heterocycles. The van der Waals surface area contributed by atoms with Crippen molar-refractivity contribution in [3.05, 3.63) is 28.8 Å². The first-order valence-corrected chi connectivity index (χ1v) is 4.07. The van der Waals surface area contributed by atoms with E-state index in [-0.39, 0.29) is 0 Å². The minimum atomic E-state index is 0.309. The van der Waals surface area contributed by atoms with E-state index in [9.17, 15) is 0 Å². The maximum Gasteiger partial charge on any atom is 0.130 e. The van der Waals surface area contributed by atoms with Crippen LogP contribution in [-0.4, -0.2) is 12.1 Å². The van der Waals surface area contributed by atoms with E-state index in [0.717, 1.165) is 0 Å². The lowest BCUT2D eigenvalue weighted by Gasteiger charge is -2.06. The number of hydrogen-bond acceptors (Lipinski definition) is 2. The van der Waals surface area contributed by atoms with Crippen LogP contribution in [0.3, 0.4) is 0 Å². The Morgan fingerprint density at radius 3 is 2.75 bits per heavy atom. The molecule has 0 bridgehead atoms. The molecule has 4 heteroatoms. The molecule has 2 nitrogen and oxygen atoms in total. The first-order valence-electron chi connectivity index (χ1n) is 3.28. The highest BCUT2D eigenvalue weighted by Gasteiger charge is 2.04. The van der Waals surface area contributed by atoms with Gasteiger partial charge in [0, 0.05) is 5.02 Å². The van der Waals surface area contributed by atoms with E-state index in [1.807, 2.05) is 0 Å². The fourth-order valence-electron chi connectivity index (χ4n) is 0.869. The Balaban J connectivity index is 3.20. The summed E-state index contributed by atoms with van der Waals surface area (Å²) in [6.45, 7) is 0. The Morgan fingerprint density at radius 1 is 1.58 bits per heavy atom. The van der Waals surface area contributed by atoms with Crippen LogP contribution in [0, 0.1) is 0 Å². The summed E-state index contributed by atoms with van der Waals surface area (Å²) in [6, 6.07) is 5.14. The Morgan fingerprint density at radius 2 is 2.25 bits per heavy atom. The number of thiocarbonyl (C=S) groups is 1. The zero-order valence-corrected chi connectivity index (χ0v) is 8.08. The summed E-state index contributed by atoms with van der Waals surface area (Å²) in [7, 11) is 1.55. The number of rotatable bonds is 2. The molecule has 64 valence electrons. The van der Waals surface area contributed by atoms with Gasteiger partial charge in [-0.05, 0) is 18.2 Å². The lowest BCUT2D eigenvalue weighted by atomic mass is 10.2. The van der Waals surface area contributed by atoms with Crippen molar-refractivity contribution in [2.45, 2.75) is 0 Å². The van der Waals surface area contributed by atoms with Crippen LogP contribution in [0.1, 0.15) is 5.56 Å². The van der Waals surface area contributed by atoms with E-state index in [1.165, 1.54) is 0 Å². The average molecular weight is 202 g/mol. The zero-order chi connectivity index (χ0) is 9.14. The Kier molecular flexibility index (Phi) is 2.89. The molecule has 0 spiro atoms. The predicted octanol–water partition coefficient (Wildman–Crippen LogP) is 1.98. The molecule has 0 aliphatic carbocycles. The molecule has 0 radical (unpaired) electrons. The number of hydrogen-bond donors (Lipinski definition) is 1. The van der Waals surface area contributed by atoms with Crippen molar-refractivity contribution in [2.24, 2.45) is 5.73 Å². The molecular formula is C8H8ClNOS. The Labute approximate surface area is 81.3 Å². The number of ether oxygens (including phenoxy) is 1. The molecule has 0 saturated carbocycles. The summed E-state index contributed by atoms with van der Waals surface area (Å²) in [5, 5.41) is 0.604. The molecule has 1 aromatic carbocycles. The van der Waals surface area contributed by atoms with Crippen LogP contribution in [0.2, 0.25) is 5.02 Å². The van der Waals surface area contributed by atoms with Gasteiger partial charge in [-0.15, -0.1) is 0 Å². The smallest absolute Gasteiger partial charge is 0.130 e. The lowest BCUT2D eigenvalue weighted by Crippen LogP contribution is -2.10. The first-order chi connectivity index (χ1) is 5.65. The van der Waals surface area contributed by atoms with Gasteiger partial charge in [0.1, 0.15) is 10.7 Å². The molecule has 0 unspecified atom stereocenters. The molecule has 0 atom stereocenters. The third-order valence-electron chi connectivity index (χ3n) is 1.43. The molecule has 0 aliphatic heterocycles. The Bertz CT molecular complexity index is 314. The summed E-state index contributed by atoms with van der Waals surface area (Å²) in [5.41, 5.74) is 6.15. The predicted molar refractivity (Wildman–Crippen MR) is 53.9 cm³/mol. The number of benzene rings is 1. The van der Waals surface area contributed by atoms with Crippen LogP contribution in [0.15, 0.2) is 18.2 Å². The van der Waals surface area contributed by atoms with Gasteiger partial charge in [-0.25, -0.2) is 0 Å². The molecule has 1 rings (SSSR count). The second-order valence-electron chi connectivity index (χ2n) is 2.21. The van der Waals surface area contributed by atoms with Crippen molar-refractivity contribution < 1.29 is 4.74 Å². The molecule has 0 aliphatic rings. The number of nitrogens with two attached hydrogens (primary N) is 1. The zero-order valence-electron chi connectivity index (χ0n) is 6.50. The fraction of sp³-hybridized carbons (Fsp3) is 0.125. The summed E-state index contributed by atoms with van der Waals surface area (Å²) in [4.78, 5) is 0.309. The summed E-state index contributed by atoms with van der Waals surface area (Å²) in [6.07, 6.45) is 0. The lowest BCUT2D eigenvalue weighted by molar-refractivity contribution is 0.414. The van der Waals surface area contributed by atoms with Crippen LogP contribution < -0.4 is 10.5 Å². The van der Waals surface area contributed by atoms with Gasteiger partial charge in [0.25, 0.3) is 0 Å². The molecule has 1 aromatic rings. The van der Waals surface area contributed by atoms with Gasteiger partial charge in [0.05, 0.1) is 12.7 Å². The van der Waals surface area contributed by atoms with Crippen molar-refractivity contribution in [1.29, 1.82) is 0 Å². The molecular weight excluding hydrogens is 194 g/mol. The van der Waals surface area contributed by atoms with E-state index in [2.05, 4.69) is 0 Å². The van der Waals surface area contributed by atoms with Gasteiger partial charge in [0.2, 0.25) is 0 Å². The van der Waals surface area contributed by atoms with E-state index in [0.29, 0.717) is 21.3 Å². The van der Waals surface area contributed by atoms with Gasteiger partial charge in [-0.1, -0.05) is 23.8 Å². The minimum absolute atomic E-state index is 0.309. The molecule has 0 amide bonds. The summed E-state index contributed by atoms with van der Waals surface area (Å²) >= 11 is 10.5. The van der Waals surface area contributed by atoms with Crippen molar-refractivity contribution in [1.82, 2.24) is 0 Å². The van der Waals surface area contributed by atoms with E-state index >= 15 is 0 Å². The maximum atomic E-state index is 5.74. The van der Waals surface area contributed by atoms with Crippen LogP contribution >= 0.6 is 23.8 Å². The molecule has 0 saturated heterocycles. The normalized spacial score (nSPS) is 9.50. The third-order valence-corrected chi connectivity index (χ3v) is 1.88. The largest absolute Gasteiger partial charge is 0.496 e. The van der Waals surface area contributed by atoms with Gasteiger partial charge >= 0.3 is 0 Å². The van der Waals surface area contributed by atoms with Crippen LogP contribution in [0.4, 0.5) is 0 Å². The summed E-state index contributed by atoms with van der Waals surface area (Å²) < 4.78 is 5.04. The second-order valence-corrected chi connectivity index (χ2v) is 3.09. The SMILES string of the molecule is COc1cc(Cl)ccc1C(N)=S. The minimum Gasteiger partial charge on any atom is -0.496 e. The number of halogens is 1. The van der Waals surface area contributed by atoms with Crippen LogP contribution in [-0.2, 0) is 0 Å². The van der Waals surface area contributed by atoms with Gasteiger partial charge < -0.3 is 10.5 Å². The quantitative estimate of drug-likeness (QED) is 0.744. The molecule has 12 heavy (non-hydrogen) atoms. The van der Waals surface area contributed by atoms with Crippen LogP contribution in [0.25, 0.3) is 0 Å². The van der Waals surface area contributed by atoms with E-state index < -0.39 is 0 Å². The highest BCUT2D eigenvalue weighted by Crippen LogP contribution is 2.22. The topological polar surface area (TPSA) is 35.2 Å². The van der Waals surface area contributed by atoms with Gasteiger partial charge in [-0.3, -0.25) is 0 Å². The number of methoxy groups -OCH3 is 1. The monoisotopic (exact) mass is 201 g/mol. The highest BCUT2D eigenvalue weighted by molar-refractivity contribution is 7.80. The van der Waals surface area contributed by atoms with Crippen molar-refractivity contribution in [3.8, 4) is 5.75 Å². The average Bonchev–Trinajstić information content (AvgIpc) is 2.03. The van der Waals surface area contributed by atoms with Crippen molar-refractivity contribution in [2.75, 3.05) is 7.11 Å². The molecule has 0 heterocycles. The standard InChI is InChI=1S/C8H8ClNOS/c1-11-7-4-5(9)2-3-6(7)8(10)12/h2-4H,1H3,(H2,10,12). The third kappa shape index (κ3) is 1.87. The second kappa shape index (κ2) is 3.74. The summed E-state index contributed by atoms with van der Waals surface area (Å²) in [5.74, 6) is 0.606. The maximum absolute atomic E-state index is 5.74. The molecule has 2 N–H and O–H groups in total. The fourth-order valence-corrected chi connectivity index (χ4v) is 1.20. The highest BCUT2D eigenvalue weighted by atomic mass is 35.5. The van der Waals surface area contributed by atoms with E-state index in [4.69, 9.17) is 34.3 Å². The Hall–Kier alpha value is -0.800. The first kappa shape index (κ1) is 9.29. The molecule has 0 fully saturated rings. The van der Waals surface area contributed by atoms with Gasteiger partial charge in [0.15, 0.2) is 0 Å².